The predicted octanol–water partition coefficient (Wildman–Crippen LogP) is 6.78. The number of likely N-dealkylation sites (N-methyl/N-ethyl adjacent to an activating group) is 3. The Morgan fingerprint density at radius 2 is 0.524 bits per heavy atom. The zero-order valence-corrected chi connectivity index (χ0v) is 84.5. The molecule has 31 N–H and O–H groups in total. The number of nitrogens with zero attached hydrogens (tertiary/aromatic N) is 30. The molecule has 0 aliphatic heterocycles. The molecule has 1 aliphatic rings. The van der Waals surface area contributed by atoms with Crippen molar-refractivity contribution in [1.29, 1.82) is 0 Å². The van der Waals surface area contributed by atoms with Gasteiger partial charge >= 0.3 is 0 Å². The minimum atomic E-state index is 0.110. The predicted molar refractivity (Wildman–Crippen MR) is 562 cm³/mol. The summed E-state index contributed by atoms with van der Waals surface area (Å²) in [5.41, 5.74) is 85.0. The molecule has 15 heterocycles. The Bertz CT molecular complexity index is 6380. The first-order valence-electron chi connectivity index (χ1n) is 45.4. The number of nitrogen functional groups attached to an aromatic ring is 13. The standard InChI is InChI=1S/C13H20N6.2C12H18N6O.3C11H16N6O.2C10H14N6O/c1-9-5-4-6-10(9)7-8-15-12-16-11(14)17-13(18-12)19(2)3;1-8-9(5-7-19-8)4-6-14-11-15-10(13)16-12(17-11)18(2)3;1-8-6-9(7-19-8)4-5-14-11-15-10(13)16-12(17-11)18(2)3;1-7-8(4-6-18-7)3-5-17(2)11-15-9(12)14-10(13)16-11;1-7-5-18-6-8(7)3-4-17(2)11-15-9(12)14-10(13)16-11;1-7-5-8(6-18-7)3-4-17(2)11-15-9(12)14-10(13)16-11;1-6-4-17-5-7(6)2-3-13-10-15-8(11)14-9(12)16-10;1-6-4-7(5-17-6)2-3-13-10-15-8(11)14-9(12)16-10/h5-6H,4,7-8H2,1-3H3,(H3,14,15,16,17,18);5,7H,4,6H2,1-3H3,(H3,13,14,15,16,17);6-7H,4-5H2,1-3H3,(H3,13,14,15,16,17);4,6H,3,5H2,1-2H3,(H4,12,13,14,15,16);2*5-6H,3-4H2,1-2H3,(H4,12,13,14,15,16);2*4-5H,2-3H2,1H3,(H5,11,12,13,14,15,16). The normalized spacial score (nSPS) is 11.0. The number of furan rings is 7. The molecule has 0 bridgehead atoms. The van der Waals surface area contributed by atoms with Gasteiger partial charge in [0.25, 0.3) is 0 Å². The van der Waals surface area contributed by atoms with Gasteiger partial charge in [0, 0.05) is 116 Å². The molecule has 15 aromatic heterocycles. The van der Waals surface area contributed by atoms with E-state index in [0.29, 0.717) is 91.6 Å². The van der Waals surface area contributed by atoms with Gasteiger partial charge in [-0.1, -0.05) is 17.7 Å². The van der Waals surface area contributed by atoms with E-state index in [-0.39, 0.29) is 77.3 Å². The van der Waals surface area contributed by atoms with Gasteiger partial charge in [-0.05, 0) is 199 Å². The molecule has 0 unspecified atom stereocenters. The largest absolute Gasteiger partial charge is 0.472 e. The molecule has 0 aromatic carbocycles. The summed E-state index contributed by atoms with van der Waals surface area (Å²) in [6, 6.07) is 9.92. The minimum Gasteiger partial charge on any atom is -0.472 e. The molecule has 774 valence electrons. The Balaban J connectivity index is 0.000000185. The second kappa shape index (κ2) is 54.9. The Hall–Kier alpha value is -18.3. The number of nitrogens with two attached hydrogens (primary N) is 13. The van der Waals surface area contributed by atoms with Crippen molar-refractivity contribution in [1.82, 2.24) is 120 Å². The molecule has 0 amide bonds. The molecule has 0 saturated carbocycles. The van der Waals surface area contributed by atoms with Crippen LogP contribution in [0.2, 0.25) is 0 Å². The van der Waals surface area contributed by atoms with Gasteiger partial charge < -0.3 is 161 Å². The molecular weight excluding hydrogens is 1870 g/mol. The molecule has 0 atom stereocenters. The van der Waals surface area contributed by atoms with Crippen LogP contribution in [-0.2, 0) is 44.9 Å². The Morgan fingerprint density at radius 3 is 0.807 bits per heavy atom. The number of rotatable bonds is 35. The van der Waals surface area contributed by atoms with Gasteiger partial charge in [-0.3, -0.25) is 0 Å². The molecule has 0 spiro atoms. The maximum absolute atomic E-state index is 5.66. The number of anilines is 24. The second-order valence-corrected chi connectivity index (χ2v) is 33.1. The van der Waals surface area contributed by atoms with Crippen LogP contribution in [0.3, 0.4) is 0 Å². The lowest BCUT2D eigenvalue weighted by Gasteiger charge is -2.16. The minimum absolute atomic E-state index is 0.110. The summed E-state index contributed by atoms with van der Waals surface area (Å²) in [5.74, 6) is 11.8. The van der Waals surface area contributed by atoms with Crippen molar-refractivity contribution in [2.75, 3.05) is 246 Å². The second-order valence-electron chi connectivity index (χ2n) is 33.1. The van der Waals surface area contributed by atoms with E-state index >= 15 is 0 Å². The Labute approximate surface area is 837 Å². The van der Waals surface area contributed by atoms with E-state index in [1.807, 2.05) is 157 Å². The van der Waals surface area contributed by atoms with Crippen molar-refractivity contribution in [3.63, 3.8) is 0 Å². The highest BCUT2D eigenvalue weighted by molar-refractivity contribution is 5.48. The van der Waals surface area contributed by atoms with Crippen molar-refractivity contribution >= 4 is 143 Å². The summed E-state index contributed by atoms with van der Waals surface area (Å²) < 4.78 is 36.4. The van der Waals surface area contributed by atoms with Gasteiger partial charge in [0.15, 0.2) is 0 Å². The summed E-state index contributed by atoms with van der Waals surface area (Å²) in [6.07, 6.45) is 27.8. The molecule has 55 heteroatoms. The van der Waals surface area contributed by atoms with Gasteiger partial charge in [-0.2, -0.15) is 120 Å². The SMILES string of the molecule is CC1=CCC=C1CCNc1nc(N)nc(N(C)C)n1.Cc1cc(CCN(C)c2nc(N)nc(N)n2)co1.Cc1cc(CCNc2nc(N)nc(N(C)C)n2)co1.Cc1cc(CCNc2nc(N)nc(N)n2)co1.Cc1cocc1CCN(C)c1nc(N)nc(N)n1.Cc1cocc1CCNc1nc(N)nc(N)n1.Cc1occc1CCN(C)c1nc(N)nc(N)n1.Cc1occc1CCNc1nc(N)nc(N(C)C)n1. The molecule has 1 aliphatic carbocycles. The van der Waals surface area contributed by atoms with E-state index in [9.17, 15) is 0 Å². The van der Waals surface area contributed by atoms with Crippen LogP contribution in [-0.4, -0.2) is 235 Å². The monoisotopic (exact) mass is 2000 g/mol. The highest BCUT2D eigenvalue weighted by Gasteiger charge is 2.18. The van der Waals surface area contributed by atoms with Crippen molar-refractivity contribution in [2.45, 2.75) is 113 Å². The Kier molecular flexibility index (Phi) is 41.8. The third-order valence-electron chi connectivity index (χ3n) is 20.6. The van der Waals surface area contributed by atoms with E-state index in [1.54, 1.807) is 71.1 Å². The zero-order valence-electron chi connectivity index (χ0n) is 84.5. The first-order chi connectivity index (χ1) is 69.1. The highest BCUT2D eigenvalue weighted by Crippen LogP contribution is 2.24. The smallest absolute Gasteiger partial charge is 0.231 e. The molecule has 145 heavy (non-hydrogen) atoms. The number of allylic oxidation sites excluding steroid dienone is 3. The van der Waals surface area contributed by atoms with E-state index < -0.39 is 0 Å². The molecule has 55 nitrogen and oxygen atoms in total. The zero-order chi connectivity index (χ0) is 105. The third-order valence-corrected chi connectivity index (χ3v) is 20.6. The van der Waals surface area contributed by atoms with Crippen molar-refractivity contribution in [2.24, 2.45) is 0 Å². The topological polar surface area (TPSA) is 819 Å². The molecule has 0 saturated heterocycles. The molecule has 15 aromatic rings. The number of hydrogen-bond acceptors (Lipinski definition) is 55. The average molecular weight is 2000 g/mol. The van der Waals surface area contributed by atoms with Crippen LogP contribution in [0.4, 0.5) is 143 Å². The molecule has 16 rings (SSSR count). The van der Waals surface area contributed by atoms with E-state index in [0.717, 1.165) is 157 Å². The van der Waals surface area contributed by atoms with Gasteiger partial charge in [-0.25, -0.2) is 0 Å². The summed E-state index contributed by atoms with van der Waals surface area (Å²) in [4.78, 5) is 107. The van der Waals surface area contributed by atoms with Crippen LogP contribution in [0.15, 0.2) is 141 Å². The van der Waals surface area contributed by atoms with E-state index in [4.69, 9.17) is 105 Å². The molecule has 0 radical (unpaired) electrons. The van der Waals surface area contributed by atoms with Gasteiger partial charge in [0.2, 0.25) is 143 Å². The van der Waals surface area contributed by atoms with Crippen LogP contribution in [0, 0.1) is 48.5 Å². The maximum atomic E-state index is 5.66. The Morgan fingerprint density at radius 1 is 0.262 bits per heavy atom. The van der Waals surface area contributed by atoms with E-state index in [1.165, 1.54) is 16.7 Å². The quantitative estimate of drug-likeness (QED) is 0.0194. The summed E-state index contributed by atoms with van der Waals surface area (Å²) >= 11 is 0. The highest BCUT2D eigenvalue weighted by atomic mass is 16.3. The third kappa shape index (κ3) is 38.4. The average Bonchev–Trinajstić information content (AvgIpc) is 1.84. The van der Waals surface area contributed by atoms with Crippen molar-refractivity contribution in [3.05, 3.63) is 189 Å². The number of aryl methyl sites for hydroxylation is 7. The molecular formula is C90H132N48O7. The van der Waals surface area contributed by atoms with Crippen molar-refractivity contribution < 1.29 is 30.9 Å². The summed E-state index contributed by atoms with van der Waals surface area (Å²) in [7, 11) is 16.8. The summed E-state index contributed by atoms with van der Waals surface area (Å²) in [6.45, 7) is 21.5. The lowest BCUT2D eigenvalue weighted by molar-refractivity contribution is 0.529. The fourth-order valence-electron chi connectivity index (χ4n) is 12.9. The first-order valence-corrected chi connectivity index (χ1v) is 45.4. The molecule has 0 fully saturated rings. The van der Waals surface area contributed by atoms with E-state index in [2.05, 4.69) is 165 Å². The fraction of sp³-hybridized carbons (Fsp3) is 0.378. The van der Waals surface area contributed by atoms with Gasteiger partial charge in [-0.15, -0.1) is 0 Å². The number of nitrogens with one attached hydrogen (secondary N) is 5. The lowest BCUT2D eigenvalue weighted by atomic mass is 10.1. The summed E-state index contributed by atoms with van der Waals surface area (Å²) in [5, 5.41) is 15.5. The van der Waals surface area contributed by atoms with Gasteiger partial charge in [0.05, 0.1) is 56.4 Å². The lowest BCUT2D eigenvalue weighted by Crippen LogP contribution is -2.24. The maximum Gasteiger partial charge on any atom is 0.231 e. The number of aromatic nitrogens is 24. The van der Waals surface area contributed by atoms with Crippen LogP contribution < -0.4 is 131 Å². The van der Waals surface area contributed by atoms with Gasteiger partial charge in [0.1, 0.15) is 28.8 Å². The van der Waals surface area contributed by atoms with Crippen molar-refractivity contribution in [3.8, 4) is 0 Å². The van der Waals surface area contributed by atoms with Crippen LogP contribution >= 0.6 is 0 Å². The number of hydrogen-bond donors (Lipinski definition) is 18. The van der Waals surface area contributed by atoms with Crippen LogP contribution in [0.1, 0.15) is 98.6 Å². The fourth-order valence-corrected chi connectivity index (χ4v) is 12.9. The van der Waals surface area contributed by atoms with Crippen LogP contribution in [0.5, 0.6) is 0 Å². The first kappa shape index (κ1) is 110. The van der Waals surface area contributed by atoms with Crippen LogP contribution in [0.25, 0.3) is 0 Å².